The molecule has 6 heteroatoms. The van der Waals surface area contributed by atoms with Gasteiger partial charge in [-0.2, -0.15) is 0 Å². The van der Waals surface area contributed by atoms with E-state index in [1.54, 1.807) is 7.11 Å². The van der Waals surface area contributed by atoms with Gasteiger partial charge in [-0.15, -0.1) is 11.3 Å². The molecule has 0 atom stereocenters. The Bertz CT molecular complexity index is 775. The summed E-state index contributed by atoms with van der Waals surface area (Å²) in [6, 6.07) is 9.46. The van der Waals surface area contributed by atoms with Crippen molar-refractivity contribution in [2.75, 3.05) is 7.11 Å². The first-order chi connectivity index (χ1) is 11.4. The van der Waals surface area contributed by atoms with Crippen LogP contribution >= 0.6 is 11.3 Å². The third-order valence-corrected chi connectivity index (χ3v) is 5.56. The number of rotatable bonds is 5. The summed E-state index contributed by atoms with van der Waals surface area (Å²) in [7, 11) is 1.62. The Morgan fingerprint density at radius 2 is 1.92 bits per heavy atom. The Kier molecular flexibility index (Phi) is 4.32. The smallest absolute Gasteiger partial charge is 0.329 e. The average molecular weight is 345 g/mol. The fourth-order valence-corrected chi connectivity index (χ4v) is 3.79. The Hall–Kier alpha value is -2.34. The van der Waals surface area contributed by atoms with Crippen molar-refractivity contribution in [3.8, 4) is 16.9 Å². The highest BCUT2D eigenvalue weighted by Gasteiger charge is 2.45. The van der Waals surface area contributed by atoms with Crippen LogP contribution in [0.3, 0.4) is 0 Å². The molecule has 24 heavy (non-hydrogen) atoms. The first-order valence-corrected chi connectivity index (χ1v) is 8.57. The van der Waals surface area contributed by atoms with Crippen molar-refractivity contribution in [3.05, 3.63) is 40.1 Å². The fourth-order valence-electron chi connectivity index (χ4n) is 2.85. The maximum atomic E-state index is 12.5. The average Bonchev–Trinajstić information content (AvgIpc) is 2.92. The number of aryl methyl sites for hydroxylation is 1. The summed E-state index contributed by atoms with van der Waals surface area (Å²) in [6.07, 6.45) is 1.81. The van der Waals surface area contributed by atoms with E-state index in [4.69, 9.17) is 4.74 Å². The van der Waals surface area contributed by atoms with Crippen molar-refractivity contribution in [1.82, 2.24) is 5.32 Å². The number of nitrogens with one attached hydrogen (secondary N) is 1. The lowest BCUT2D eigenvalue weighted by Crippen LogP contribution is -2.59. The molecule has 0 bridgehead atoms. The number of hydrogen-bond acceptors (Lipinski definition) is 4. The highest BCUT2D eigenvalue weighted by atomic mass is 32.1. The van der Waals surface area contributed by atoms with Crippen molar-refractivity contribution in [1.29, 1.82) is 0 Å². The van der Waals surface area contributed by atoms with E-state index in [-0.39, 0.29) is 5.91 Å². The number of amides is 1. The molecule has 0 radical (unpaired) electrons. The van der Waals surface area contributed by atoms with Crippen molar-refractivity contribution in [2.24, 2.45) is 0 Å². The van der Waals surface area contributed by atoms with Gasteiger partial charge in [0.25, 0.3) is 5.91 Å². The number of ether oxygens (including phenoxy) is 1. The number of aliphatic carboxylic acids is 1. The number of benzene rings is 1. The predicted octanol–water partition coefficient (Wildman–Crippen LogP) is 3.47. The summed E-state index contributed by atoms with van der Waals surface area (Å²) in [5.41, 5.74) is 0.890. The number of hydrogen-bond donors (Lipinski definition) is 2. The molecule has 0 saturated heterocycles. The quantitative estimate of drug-likeness (QED) is 0.870. The van der Waals surface area contributed by atoms with E-state index in [9.17, 15) is 14.7 Å². The molecule has 1 amide bonds. The molecule has 1 aliphatic rings. The number of carboxylic acids is 1. The van der Waals surface area contributed by atoms with Gasteiger partial charge in [0.1, 0.15) is 11.3 Å². The SMILES string of the molecule is COc1ccc(-c2cc(C(=O)NC3(C(=O)O)CCC3)sc2C)cc1. The molecule has 3 rings (SSSR count). The molecule has 0 aliphatic heterocycles. The first kappa shape index (κ1) is 16.5. The second-order valence-electron chi connectivity index (χ2n) is 6.00. The van der Waals surface area contributed by atoms with Crippen LogP contribution in [0.15, 0.2) is 30.3 Å². The summed E-state index contributed by atoms with van der Waals surface area (Å²) in [4.78, 5) is 25.4. The van der Waals surface area contributed by atoms with Crippen LogP contribution in [0.5, 0.6) is 5.75 Å². The maximum absolute atomic E-state index is 12.5. The minimum atomic E-state index is -1.09. The third-order valence-electron chi connectivity index (χ3n) is 4.51. The molecule has 1 aliphatic carbocycles. The van der Waals surface area contributed by atoms with E-state index in [0.29, 0.717) is 17.7 Å². The molecule has 1 heterocycles. The van der Waals surface area contributed by atoms with Crippen molar-refractivity contribution < 1.29 is 19.4 Å². The highest BCUT2D eigenvalue weighted by molar-refractivity contribution is 7.14. The lowest BCUT2D eigenvalue weighted by atomic mass is 9.76. The number of thiophene rings is 1. The van der Waals surface area contributed by atoms with E-state index in [2.05, 4.69) is 5.32 Å². The molecule has 126 valence electrons. The molecule has 2 aromatic rings. The zero-order valence-corrected chi connectivity index (χ0v) is 14.4. The van der Waals surface area contributed by atoms with Crippen LogP contribution in [0.4, 0.5) is 0 Å². The van der Waals surface area contributed by atoms with Gasteiger partial charge in [-0.25, -0.2) is 4.79 Å². The van der Waals surface area contributed by atoms with E-state index < -0.39 is 11.5 Å². The minimum absolute atomic E-state index is 0.315. The standard InChI is InChI=1S/C18H19NO4S/c1-11-14(12-4-6-13(23-2)7-5-12)10-15(24-11)16(20)19-18(17(21)22)8-3-9-18/h4-7,10H,3,8-9H2,1-2H3,(H,19,20)(H,21,22). The number of carbonyl (C=O) groups excluding carboxylic acids is 1. The molecule has 0 spiro atoms. The number of carbonyl (C=O) groups is 2. The lowest BCUT2D eigenvalue weighted by Gasteiger charge is -2.38. The molecule has 2 N–H and O–H groups in total. The molecule has 1 aromatic carbocycles. The van der Waals surface area contributed by atoms with Gasteiger partial charge in [-0.1, -0.05) is 12.1 Å². The molecule has 5 nitrogen and oxygen atoms in total. The second kappa shape index (κ2) is 6.28. The van der Waals surface area contributed by atoms with Crippen LogP contribution in [0.2, 0.25) is 0 Å². The zero-order chi connectivity index (χ0) is 17.3. The minimum Gasteiger partial charge on any atom is -0.497 e. The molecule has 1 saturated carbocycles. The van der Waals surface area contributed by atoms with Crippen molar-refractivity contribution >= 4 is 23.2 Å². The Morgan fingerprint density at radius 3 is 2.42 bits per heavy atom. The topological polar surface area (TPSA) is 75.6 Å². The molecule has 0 unspecified atom stereocenters. The van der Waals surface area contributed by atoms with Crippen LogP contribution in [0, 0.1) is 6.92 Å². The van der Waals surface area contributed by atoms with E-state index >= 15 is 0 Å². The van der Waals surface area contributed by atoms with Gasteiger partial charge in [0.2, 0.25) is 0 Å². The number of methoxy groups -OCH3 is 1. The van der Waals surface area contributed by atoms with Gasteiger partial charge >= 0.3 is 5.97 Å². The summed E-state index contributed by atoms with van der Waals surface area (Å²) >= 11 is 1.38. The fraction of sp³-hybridized carbons (Fsp3) is 0.333. The van der Waals surface area contributed by atoms with Crippen LogP contribution < -0.4 is 10.1 Å². The van der Waals surface area contributed by atoms with Crippen LogP contribution in [-0.2, 0) is 4.79 Å². The van der Waals surface area contributed by atoms with Gasteiger partial charge < -0.3 is 15.2 Å². The largest absolute Gasteiger partial charge is 0.497 e. The Balaban J connectivity index is 1.82. The molecular formula is C18H19NO4S. The van der Waals surface area contributed by atoms with Crippen LogP contribution in [0.1, 0.15) is 33.8 Å². The van der Waals surface area contributed by atoms with Crippen molar-refractivity contribution in [3.63, 3.8) is 0 Å². The van der Waals surface area contributed by atoms with Gasteiger partial charge in [0.05, 0.1) is 12.0 Å². The number of carboxylic acid groups (broad SMARTS) is 1. The maximum Gasteiger partial charge on any atom is 0.329 e. The first-order valence-electron chi connectivity index (χ1n) is 7.76. The normalized spacial score (nSPS) is 15.4. The third kappa shape index (κ3) is 2.89. The molecular weight excluding hydrogens is 326 g/mol. The molecule has 1 aromatic heterocycles. The van der Waals surface area contributed by atoms with E-state index in [0.717, 1.165) is 28.2 Å². The predicted molar refractivity (Wildman–Crippen MR) is 92.7 cm³/mol. The van der Waals surface area contributed by atoms with E-state index in [1.165, 1.54) is 11.3 Å². The van der Waals surface area contributed by atoms with Crippen molar-refractivity contribution in [2.45, 2.75) is 31.7 Å². The summed E-state index contributed by atoms with van der Waals surface area (Å²) < 4.78 is 5.16. The van der Waals surface area contributed by atoms with Crippen LogP contribution in [-0.4, -0.2) is 29.6 Å². The highest BCUT2D eigenvalue weighted by Crippen LogP contribution is 2.35. The lowest BCUT2D eigenvalue weighted by molar-refractivity contribution is -0.148. The van der Waals surface area contributed by atoms with Gasteiger partial charge in [-0.3, -0.25) is 4.79 Å². The second-order valence-corrected chi connectivity index (χ2v) is 7.26. The summed E-state index contributed by atoms with van der Waals surface area (Å²) in [5.74, 6) is -0.492. The van der Waals surface area contributed by atoms with E-state index in [1.807, 2.05) is 37.3 Å². The Labute approximate surface area is 144 Å². The summed E-state index contributed by atoms with van der Waals surface area (Å²) in [5, 5.41) is 12.1. The van der Waals surface area contributed by atoms with Crippen LogP contribution in [0.25, 0.3) is 11.1 Å². The van der Waals surface area contributed by atoms with Gasteiger partial charge in [0.15, 0.2) is 0 Å². The monoisotopic (exact) mass is 345 g/mol. The summed E-state index contributed by atoms with van der Waals surface area (Å²) in [6.45, 7) is 1.96. The van der Waals surface area contributed by atoms with Gasteiger partial charge in [0, 0.05) is 4.88 Å². The molecule has 1 fully saturated rings. The Morgan fingerprint density at radius 1 is 1.25 bits per heavy atom. The van der Waals surface area contributed by atoms with Gasteiger partial charge in [-0.05, 0) is 55.5 Å². The zero-order valence-electron chi connectivity index (χ0n) is 13.6.